The number of phenols is 1. The van der Waals surface area contributed by atoms with Crippen molar-refractivity contribution in [1.82, 2.24) is 0 Å². The average Bonchev–Trinajstić information content (AvgIpc) is 2.21. The Bertz CT molecular complexity index is 368. The number of methoxy groups -OCH3 is 1. The fraction of sp³-hybridized carbons (Fsp3) is 0.364. The molecular weight excluding hydrogens is 230 g/mol. The van der Waals surface area contributed by atoms with Crippen molar-refractivity contribution in [2.75, 3.05) is 7.11 Å². The number of para-hydroxylation sites is 1. The van der Waals surface area contributed by atoms with Gasteiger partial charge in [-0.2, -0.15) is 0 Å². The van der Waals surface area contributed by atoms with Gasteiger partial charge in [0.05, 0.1) is 13.5 Å². The highest BCUT2D eigenvalue weighted by Crippen LogP contribution is 2.27. The second-order valence-electron chi connectivity index (χ2n) is 3.40. The van der Waals surface area contributed by atoms with Gasteiger partial charge in [-0.05, 0) is 12.5 Å². The molecule has 1 aromatic rings. The van der Waals surface area contributed by atoms with Gasteiger partial charge in [-0.3, -0.25) is 4.79 Å². The number of rotatable bonds is 3. The summed E-state index contributed by atoms with van der Waals surface area (Å²) in [7, 11) is 1.31. The minimum Gasteiger partial charge on any atom is -0.507 e. The second-order valence-corrected chi connectivity index (χ2v) is 3.40. The molecule has 1 atom stereocenters. The van der Waals surface area contributed by atoms with E-state index >= 15 is 0 Å². The van der Waals surface area contributed by atoms with E-state index in [-0.39, 0.29) is 30.5 Å². The predicted octanol–water partition coefficient (Wildman–Crippen LogP) is 1.69. The second kappa shape index (κ2) is 6.35. The number of aryl methyl sites for hydroxylation is 1. The smallest absolute Gasteiger partial charge is 0.307 e. The Balaban J connectivity index is 0.00000225. The van der Waals surface area contributed by atoms with Gasteiger partial charge in [-0.15, -0.1) is 12.4 Å². The van der Waals surface area contributed by atoms with Crippen LogP contribution in [0.5, 0.6) is 5.75 Å². The van der Waals surface area contributed by atoms with Gasteiger partial charge in [-0.1, -0.05) is 18.2 Å². The van der Waals surface area contributed by atoms with Crippen LogP contribution in [0.15, 0.2) is 18.2 Å². The number of hydrogen-bond donors (Lipinski definition) is 2. The summed E-state index contributed by atoms with van der Waals surface area (Å²) in [6.07, 6.45) is 0.0630. The van der Waals surface area contributed by atoms with Gasteiger partial charge in [0.15, 0.2) is 0 Å². The van der Waals surface area contributed by atoms with Gasteiger partial charge in [-0.25, -0.2) is 0 Å². The topological polar surface area (TPSA) is 72.5 Å². The van der Waals surface area contributed by atoms with Crippen LogP contribution in [-0.2, 0) is 9.53 Å². The normalized spacial score (nSPS) is 11.4. The molecule has 0 spiro atoms. The molecule has 3 N–H and O–H groups in total. The summed E-state index contributed by atoms with van der Waals surface area (Å²) in [6.45, 7) is 1.78. The van der Waals surface area contributed by atoms with Crippen LogP contribution in [0.25, 0.3) is 0 Å². The first-order valence-corrected chi connectivity index (χ1v) is 4.67. The monoisotopic (exact) mass is 245 g/mol. The molecule has 0 radical (unpaired) electrons. The first-order chi connectivity index (χ1) is 7.06. The van der Waals surface area contributed by atoms with Gasteiger partial charge in [0, 0.05) is 11.6 Å². The van der Waals surface area contributed by atoms with Crippen LogP contribution in [0, 0.1) is 6.92 Å². The summed E-state index contributed by atoms with van der Waals surface area (Å²) in [4.78, 5) is 11.0. The summed E-state index contributed by atoms with van der Waals surface area (Å²) in [5, 5.41) is 9.72. The molecular formula is C11H16ClNO3. The Morgan fingerprint density at radius 1 is 1.56 bits per heavy atom. The van der Waals surface area contributed by atoms with E-state index in [1.807, 2.05) is 0 Å². The maximum absolute atomic E-state index is 11.0. The fourth-order valence-corrected chi connectivity index (χ4v) is 1.35. The van der Waals surface area contributed by atoms with Crippen molar-refractivity contribution in [3.63, 3.8) is 0 Å². The SMILES string of the molecule is COC(=O)C[C@H](N)c1cccc(C)c1O.Cl. The van der Waals surface area contributed by atoms with Crippen LogP contribution in [0.3, 0.4) is 0 Å². The van der Waals surface area contributed by atoms with E-state index in [4.69, 9.17) is 5.73 Å². The van der Waals surface area contributed by atoms with Crippen LogP contribution >= 0.6 is 12.4 Å². The number of esters is 1. The first kappa shape index (κ1) is 14.7. The van der Waals surface area contributed by atoms with E-state index in [2.05, 4.69) is 4.74 Å². The lowest BCUT2D eigenvalue weighted by Gasteiger charge is -2.13. The lowest BCUT2D eigenvalue weighted by Crippen LogP contribution is -2.16. The molecule has 4 nitrogen and oxygen atoms in total. The van der Waals surface area contributed by atoms with Crippen molar-refractivity contribution in [1.29, 1.82) is 0 Å². The third-order valence-corrected chi connectivity index (χ3v) is 2.28. The van der Waals surface area contributed by atoms with Gasteiger partial charge in [0.25, 0.3) is 0 Å². The fourth-order valence-electron chi connectivity index (χ4n) is 1.35. The van der Waals surface area contributed by atoms with Gasteiger partial charge >= 0.3 is 5.97 Å². The predicted molar refractivity (Wildman–Crippen MR) is 63.7 cm³/mol. The van der Waals surface area contributed by atoms with Crippen molar-refractivity contribution in [3.05, 3.63) is 29.3 Å². The minimum absolute atomic E-state index is 0. The van der Waals surface area contributed by atoms with Crippen LogP contribution in [0.1, 0.15) is 23.6 Å². The van der Waals surface area contributed by atoms with E-state index in [0.29, 0.717) is 5.56 Å². The van der Waals surface area contributed by atoms with Crippen molar-refractivity contribution < 1.29 is 14.6 Å². The van der Waals surface area contributed by atoms with E-state index < -0.39 is 6.04 Å². The first-order valence-electron chi connectivity index (χ1n) is 4.67. The van der Waals surface area contributed by atoms with Crippen LogP contribution in [0.4, 0.5) is 0 Å². The number of nitrogens with two attached hydrogens (primary N) is 1. The number of carbonyl (C=O) groups is 1. The summed E-state index contributed by atoms with van der Waals surface area (Å²) in [6, 6.07) is 4.75. The van der Waals surface area contributed by atoms with Gasteiger partial charge < -0.3 is 15.6 Å². The molecule has 0 amide bonds. The zero-order valence-electron chi connectivity index (χ0n) is 9.27. The molecule has 90 valence electrons. The summed E-state index contributed by atoms with van der Waals surface area (Å²) in [5.74, 6) is -0.239. The molecule has 0 aliphatic heterocycles. The molecule has 0 fully saturated rings. The molecule has 0 saturated carbocycles. The molecule has 0 heterocycles. The minimum atomic E-state index is -0.530. The Hall–Kier alpha value is -1.26. The van der Waals surface area contributed by atoms with Crippen LogP contribution in [-0.4, -0.2) is 18.2 Å². The number of aromatic hydroxyl groups is 1. The molecule has 16 heavy (non-hydrogen) atoms. The number of halogens is 1. The van der Waals surface area contributed by atoms with Crippen molar-refractivity contribution in [2.24, 2.45) is 5.73 Å². The lowest BCUT2D eigenvalue weighted by atomic mass is 10.0. The molecule has 5 heteroatoms. The molecule has 0 aliphatic carbocycles. The Labute approximate surface area is 101 Å². The van der Waals surface area contributed by atoms with Gasteiger partial charge in [0.2, 0.25) is 0 Å². The maximum atomic E-state index is 11.0. The molecule has 0 saturated heterocycles. The van der Waals surface area contributed by atoms with Gasteiger partial charge in [0.1, 0.15) is 5.75 Å². The number of hydrogen-bond acceptors (Lipinski definition) is 4. The standard InChI is InChI=1S/C11H15NO3.ClH/c1-7-4-3-5-8(11(7)14)9(12)6-10(13)15-2;/h3-5,9,14H,6,12H2,1-2H3;1H/t9-;/m0./s1. The number of phenolic OH excluding ortho intramolecular Hbond substituents is 1. The summed E-state index contributed by atoms with van der Waals surface area (Å²) < 4.78 is 4.51. The van der Waals surface area contributed by atoms with Crippen molar-refractivity contribution >= 4 is 18.4 Å². The quantitative estimate of drug-likeness (QED) is 0.795. The van der Waals surface area contributed by atoms with Crippen LogP contribution in [0.2, 0.25) is 0 Å². The highest BCUT2D eigenvalue weighted by molar-refractivity contribution is 5.85. The molecule has 0 unspecified atom stereocenters. The largest absolute Gasteiger partial charge is 0.507 e. The van der Waals surface area contributed by atoms with E-state index in [0.717, 1.165) is 5.56 Å². The highest BCUT2D eigenvalue weighted by atomic mass is 35.5. The van der Waals surface area contributed by atoms with Crippen LogP contribution < -0.4 is 5.73 Å². The maximum Gasteiger partial charge on any atom is 0.307 e. The zero-order chi connectivity index (χ0) is 11.4. The lowest BCUT2D eigenvalue weighted by molar-refractivity contribution is -0.141. The summed E-state index contributed by atoms with van der Waals surface area (Å²) >= 11 is 0. The molecule has 0 aromatic heterocycles. The molecule has 1 aromatic carbocycles. The third kappa shape index (κ3) is 3.40. The Morgan fingerprint density at radius 3 is 2.75 bits per heavy atom. The number of benzene rings is 1. The van der Waals surface area contributed by atoms with E-state index in [9.17, 15) is 9.90 Å². The molecule has 1 rings (SSSR count). The third-order valence-electron chi connectivity index (χ3n) is 2.28. The van der Waals surface area contributed by atoms with Crippen molar-refractivity contribution in [3.8, 4) is 5.75 Å². The van der Waals surface area contributed by atoms with E-state index in [1.165, 1.54) is 7.11 Å². The Morgan fingerprint density at radius 2 is 2.19 bits per heavy atom. The molecule has 0 aliphatic rings. The molecule has 0 bridgehead atoms. The average molecular weight is 246 g/mol. The zero-order valence-corrected chi connectivity index (χ0v) is 10.1. The number of carbonyl (C=O) groups excluding carboxylic acids is 1. The highest BCUT2D eigenvalue weighted by Gasteiger charge is 2.15. The van der Waals surface area contributed by atoms with Crippen molar-refractivity contribution in [2.45, 2.75) is 19.4 Å². The number of ether oxygens (including phenoxy) is 1. The summed E-state index contributed by atoms with van der Waals surface area (Å²) in [5.41, 5.74) is 7.09. The van der Waals surface area contributed by atoms with E-state index in [1.54, 1.807) is 25.1 Å². The Kier molecular flexibility index (Phi) is 5.85.